The third-order valence-electron chi connectivity index (χ3n) is 4.15. The van der Waals surface area contributed by atoms with Gasteiger partial charge < -0.3 is 15.8 Å². The number of carbonyl (C=O) groups excluding carboxylic acids is 1. The zero-order valence-electron chi connectivity index (χ0n) is 13.4. The molecule has 4 nitrogen and oxygen atoms in total. The number of amides is 1. The lowest BCUT2D eigenvalue weighted by Crippen LogP contribution is -2.24. The van der Waals surface area contributed by atoms with Crippen molar-refractivity contribution in [2.24, 2.45) is 5.73 Å². The molecule has 1 aliphatic carbocycles. The molecule has 3 N–H and O–H groups in total. The van der Waals surface area contributed by atoms with Crippen molar-refractivity contribution >= 4 is 17.2 Å². The molecule has 1 aromatic carbocycles. The van der Waals surface area contributed by atoms with Gasteiger partial charge in [0.05, 0.1) is 5.56 Å². The first-order valence-electron chi connectivity index (χ1n) is 8.17. The minimum atomic E-state index is -0.465. The molecule has 0 aliphatic heterocycles. The molecule has 0 unspecified atom stereocenters. The SMILES string of the molecule is NCCOc1ccc(F)cc1C(=O)NCc1csc2c1CCCC2. The smallest absolute Gasteiger partial charge is 0.255 e. The third-order valence-corrected chi connectivity index (χ3v) is 5.29. The summed E-state index contributed by atoms with van der Waals surface area (Å²) in [6, 6.07) is 3.94. The molecule has 6 heteroatoms. The summed E-state index contributed by atoms with van der Waals surface area (Å²) in [4.78, 5) is 13.9. The van der Waals surface area contributed by atoms with Gasteiger partial charge in [0.1, 0.15) is 18.2 Å². The first-order valence-corrected chi connectivity index (χ1v) is 9.05. The lowest BCUT2D eigenvalue weighted by atomic mass is 9.96. The van der Waals surface area contributed by atoms with Crippen LogP contribution in [0.25, 0.3) is 0 Å². The highest BCUT2D eigenvalue weighted by Gasteiger charge is 2.18. The van der Waals surface area contributed by atoms with E-state index in [-0.39, 0.29) is 18.1 Å². The van der Waals surface area contributed by atoms with E-state index in [4.69, 9.17) is 10.5 Å². The highest BCUT2D eigenvalue weighted by molar-refractivity contribution is 7.10. The molecule has 0 saturated carbocycles. The Morgan fingerprint density at radius 3 is 3.00 bits per heavy atom. The average Bonchev–Trinajstić information content (AvgIpc) is 3.02. The Kier molecular flexibility index (Phi) is 5.48. The maximum atomic E-state index is 13.5. The zero-order chi connectivity index (χ0) is 16.9. The Morgan fingerprint density at radius 2 is 2.17 bits per heavy atom. The van der Waals surface area contributed by atoms with Gasteiger partial charge in [-0.2, -0.15) is 0 Å². The standard InChI is InChI=1S/C18H21FN2O2S/c19-13-5-6-16(23-8-7-20)15(9-13)18(22)21-10-12-11-24-17-4-2-1-3-14(12)17/h5-6,9,11H,1-4,7-8,10,20H2,(H,21,22). The number of aryl methyl sites for hydroxylation is 1. The van der Waals surface area contributed by atoms with Gasteiger partial charge in [-0.1, -0.05) is 0 Å². The molecule has 3 rings (SSSR count). The van der Waals surface area contributed by atoms with Gasteiger partial charge in [0.15, 0.2) is 0 Å². The predicted molar refractivity (Wildman–Crippen MR) is 93.1 cm³/mol. The lowest BCUT2D eigenvalue weighted by Gasteiger charge is -2.14. The van der Waals surface area contributed by atoms with Crippen molar-refractivity contribution in [3.63, 3.8) is 0 Å². The van der Waals surface area contributed by atoms with Crippen molar-refractivity contribution in [3.05, 3.63) is 51.0 Å². The lowest BCUT2D eigenvalue weighted by molar-refractivity contribution is 0.0946. The Labute approximate surface area is 144 Å². The Bertz CT molecular complexity index is 730. The highest BCUT2D eigenvalue weighted by Crippen LogP contribution is 2.30. The van der Waals surface area contributed by atoms with Gasteiger partial charge in [0.25, 0.3) is 5.91 Å². The Morgan fingerprint density at radius 1 is 1.33 bits per heavy atom. The topological polar surface area (TPSA) is 64.3 Å². The second kappa shape index (κ2) is 7.77. The second-order valence-corrected chi connectivity index (χ2v) is 6.79. The van der Waals surface area contributed by atoms with E-state index in [1.807, 2.05) is 0 Å². The van der Waals surface area contributed by atoms with Crippen LogP contribution in [-0.2, 0) is 19.4 Å². The first-order chi connectivity index (χ1) is 11.7. The van der Waals surface area contributed by atoms with E-state index in [0.29, 0.717) is 18.8 Å². The number of hydrogen-bond donors (Lipinski definition) is 2. The van der Waals surface area contributed by atoms with Crippen LogP contribution in [-0.4, -0.2) is 19.1 Å². The summed E-state index contributed by atoms with van der Waals surface area (Å²) < 4.78 is 18.9. The van der Waals surface area contributed by atoms with Crippen LogP contribution >= 0.6 is 11.3 Å². The number of thiophene rings is 1. The molecule has 0 bridgehead atoms. The minimum absolute atomic E-state index is 0.201. The number of fused-ring (bicyclic) bond motifs is 1. The van der Waals surface area contributed by atoms with E-state index in [0.717, 1.165) is 12.8 Å². The first kappa shape index (κ1) is 16.9. The number of nitrogens with two attached hydrogens (primary N) is 1. The summed E-state index contributed by atoms with van der Waals surface area (Å²) in [7, 11) is 0. The van der Waals surface area contributed by atoms with E-state index in [1.54, 1.807) is 11.3 Å². The Balaban J connectivity index is 1.71. The van der Waals surface area contributed by atoms with Crippen LogP contribution in [0.4, 0.5) is 4.39 Å². The van der Waals surface area contributed by atoms with Crippen LogP contribution in [0.2, 0.25) is 0 Å². The zero-order valence-corrected chi connectivity index (χ0v) is 14.3. The van der Waals surface area contributed by atoms with Crippen LogP contribution < -0.4 is 15.8 Å². The summed E-state index contributed by atoms with van der Waals surface area (Å²) in [5.41, 5.74) is 8.17. The summed E-state index contributed by atoms with van der Waals surface area (Å²) in [5.74, 6) is -0.447. The quantitative estimate of drug-likeness (QED) is 0.843. The van der Waals surface area contributed by atoms with E-state index >= 15 is 0 Å². The number of ether oxygens (including phenoxy) is 1. The number of benzene rings is 1. The molecule has 128 valence electrons. The van der Waals surface area contributed by atoms with Gasteiger partial charge in [-0.3, -0.25) is 4.79 Å². The fourth-order valence-corrected chi connectivity index (χ4v) is 4.10. The van der Waals surface area contributed by atoms with Crippen LogP contribution in [0.3, 0.4) is 0 Å². The number of rotatable bonds is 6. The minimum Gasteiger partial charge on any atom is -0.491 e. The summed E-state index contributed by atoms with van der Waals surface area (Å²) in [6.07, 6.45) is 4.65. The van der Waals surface area contributed by atoms with Gasteiger partial charge in [-0.25, -0.2) is 4.39 Å². The summed E-state index contributed by atoms with van der Waals surface area (Å²) in [5, 5.41) is 5.00. The van der Waals surface area contributed by atoms with Crippen molar-refractivity contribution in [2.45, 2.75) is 32.2 Å². The Hall–Kier alpha value is -1.92. The van der Waals surface area contributed by atoms with Gasteiger partial charge in [-0.05, 0) is 60.4 Å². The van der Waals surface area contributed by atoms with Gasteiger partial charge in [-0.15, -0.1) is 11.3 Å². The highest BCUT2D eigenvalue weighted by atomic mass is 32.1. The largest absolute Gasteiger partial charge is 0.491 e. The summed E-state index contributed by atoms with van der Waals surface area (Å²) in [6.45, 7) is 1.07. The van der Waals surface area contributed by atoms with Gasteiger partial charge >= 0.3 is 0 Å². The molecule has 0 radical (unpaired) electrons. The van der Waals surface area contributed by atoms with Crippen molar-refractivity contribution in [1.82, 2.24) is 5.32 Å². The average molecular weight is 348 g/mol. The molecule has 2 aromatic rings. The van der Waals surface area contributed by atoms with E-state index in [1.165, 1.54) is 47.0 Å². The van der Waals surface area contributed by atoms with Gasteiger partial charge in [0.2, 0.25) is 0 Å². The molecule has 1 aliphatic rings. The van der Waals surface area contributed by atoms with Crippen molar-refractivity contribution in [2.75, 3.05) is 13.2 Å². The maximum Gasteiger partial charge on any atom is 0.255 e. The third kappa shape index (κ3) is 3.76. The van der Waals surface area contributed by atoms with Gasteiger partial charge in [0, 0.05) is 18.0 Å². The van der Waals surface area contributed by atoms with E-state index in [2.05, 4.69) is 10.7 Å². The van der Waals surface area contributed by atoms with Crippen LogP contribution in [0.5, 0.6) is 5.75 Å². The van der Waals surface area contributed by atoms with Crippen LogP contribution in [0.15, 0.2) is 23.6 Å². The molecule has 0 fully saturated rings. The monoisotopic (exact) mass is 348 g/mol. The van der Waals surface area contributed by atoms with Crippen molar-refractivity contribution < 1.29 is 13.9 Å². The number of carbonyl (C=O) groups is 1. The molecular weight excluding hydrogens is 327 g/mol. The number of halogens is 1. The number of hydrogen-bond acceptors (Lipinski definition) is 4. The molecular formula is C18H21FN2O2S. The van der Waals surface area contributed by atoms with E-state index < -0.39 is 5.82 Å². The molecule has 0 spiro atoms. The number of nitrogens with one attached hydrogen (secondary N) is 1. The normalized spacial score (nSPS) is 13.4. The summed E-state index contributed by atoms with van der Waals surface area (Å²) >= 11 is 1.77. The van der Waals surface area contributed by atoms with E-state index in [9.17, 15) is 9.18 Å². The van der Waals surface area contributed by atoms with Crippen LogP contribution in [0, 0.1) is 5.82 Å². The maximum absolute atomic E-state index is 13.5. The molecule has 1 heterocycles. The fourth-order valence-electron chi connectivity index (χ4n) is 2.95. The molecule has 1 amide bonds. The second-order valence-electron chi connectivity index (χ2n) is 5.83. The molecule has 0 saturated heterocycles. The molecule has 0 atom stereocenters. The molecule has 1 aromatic heterocycles. The van der Waals surface area contributed by atoms with Crippen molar-refractivity contribution in [1.29, 1.82) is 0 Å². The van der Waals surface area contributed by atoms with Crippen molar-refractivity contribution in [3.8, 4) is 5.75 Å². The predicted octanol–water partition coefficient (Wildman–Crippen LogP) is 3.03. The fraction of sp³-hybridized carbons (Fsp3) is 0.389. The van der Waals surface area contributed by atoms with Crippen LogP contribution in [0.1, 0.15) is 39.2 Å². The molecule has 24 heavy (non-hydrogen) atoms.